The lowest BCUT2D eigenvalue weighted by molar-refractivity contribution is -0.128. The molecule has 0 aromatic carbocycles. The third-order valence-electron chi connectivity index (χ3n) is 2.58. The summed E-state index contributed by atoms with van der Waals surface area (Å²) in [4.78, 5) is 17.9. The van der Waals surface area contributed by atoms with Gasteiger partial charge < -0.3 is 9.64 Å². The van der Waals surface area contributed by atoms with Gasteiger partial charge >= 0.3 is 0 Å². The third kappa shape index (κ3) is 2.93. The van der Waals surface area contributed by atoms with Crippen molar-refractivity contribution in [3.05, 3.63) is 15.5 Å². The standard InChI is InChI=1S/C10H13ClN2O2S/c1-7(14)13-3-2-8(5-13)15-6-9-4-12-10(11)16-9/h4,8H,2-3,5-6H2,1H3. The van der Waals surface area contributed by atoms with Crippen LogP contribution >= 0.6 is 22.9 Å². The van der Waals surface area contributed by atoms with Crippen molar-refractivity contribution < 1.29 is 9.53 Å². The van der Waals surface area contributed by atoms with Gasteiger partial charge in [-0.15, -0.1) is 11.3 Å². The second kappa shape index (κ2) is 5.12. The van der Waals surface area contributed by atoms with Crippen LogP contribution in [0, 0.1) is 0 Å². The first-order chi connectivity index (χ1) is 7.65. The van der Waals surface area contributed by atoms with Crippen LogP contribution in [0.5, 0.6) is 0 Å². The molecule has 0 saturated carbocycles. The minimum atomic E-state index is 0.118. The van der Waals surface area contributed by atoms with Crippen molar-refractivity contribution in [3.8, 4) is 0 Å². The second-order valence-corrected chi connectivity index (χ2v) is 5.46. The number of ether oxygens (including phenoxy) is 1. The molecule has 1 amide bonds. The minimum absolute atomic E-state index is 0.118. The van der Waals surface area contributed by atoms with Crippen molar-refractivity contribution in [2.75, 3.05) is 13.1 Å². The number of halogens is 1. The fraction of sp³-hybridized carbons (Fsp3) is 0.600. The van der Waals surface area contributed by atoms with Crippen LogP contribution in [0.2, 0.25) is 4.47 Å². The van der Waals surface area contributed by atoms with Gasteiger partial charge in [-0.3, -0.25) is 4.79 Å². The number of likely N-dealkylation sites (tertiary alicyclic amines) is 1. The van der Waals surface area contributed by atoms with Gasteiger partial charge in [0, 0.05) is 26.2 Å². The summed E-state index contributed by atoms with van der Waals surface area (Å²) >= 11 is 7.15. The maximum absolute atomic E-state index is 11.1. The van der Waals surface area contributed by atoms with Crippen LogP contribution in [-0.2, 0) is 16.1 Å². The number of rotatable bonds is 3. The number of carbonyl (C=O) groups excluding carboxylic acids is 1. The van der Waals surface area contributed by atoms with E-state index in [9.17, 15) is 4.79 Å². The second-order valence-electron chi connectivity index (χ2n) is 3.77. The molecular weight excluding hydrogens is 248 g/mol. The molecule has 2 heterocycles. The number of hydrogen-bond donors (Lipinski definition) is 0. The fourth-order valence-corrected chi connectivity index (χ4v) is 2.60. The van der Waals surface area contributed by atoms with Gasteiger partial charge in [-0.05, 0) is 6.42 Å². The van der Waals surface area contributed by atoms with Crippen molar-refractivity contribution in [1.29, 1.82) is 0 Å². The Balaban J connectivity index is 1.77. The highest BCUT2D eigenvalue weighted by atomic mass is 35.5. The van der Waals surface area contributed by atoms with Crippen LogP contribution in [0.4, 0.5) is 0 Å². The topological polar surface area (TPSA) is 42.4 Å². The molecule has 1 aliphatic heterocycles. The lowest BCUT2D eigenvalue weighted by Gasteiger charge is -2.13. The summed E-state index contributed by atoms with van der Waals surface area (Å²) in [6.07, 6.45) is 2.78. The Kier molecular flexibility index (Phi) is 3.78. The summed E-state index contributed by atoms with van der Waals surface area (Å²) < 4.78 is 6.24. The fourth-order valence-electron chi connectivity index (χ4n) is 1.70. The first kappa shape index (κ1) is 11.8. The Bertz CT molecular complexity index is 383. The van der Waals surface area contributed by atoms with Crippen molar-refractivity contribution >= 4 is 28.8 Å². The maximum atomic E-state index is 11.1. The summed E-state index contributed by atoms with van der Waals surface area (Å²) in [6, 6.07) is 0. The molecule has 16 heavy (non-hydrogen) atoms. The first-order valence-corrected chi connectivity index (χ1v) is 6.32. The molecule has 2 rings (SSSR count). The van der Waals surface area contributed by atoms with Gasteiger partial charge in [0.1, 0.15) is 0 Å². The van der Waals surface area contributed by atoms with Gasteiger partial charge in [0.15, 0.2) is 4.47 Å². The van der Waals surface area contributed by atoms with Crippen LogP contribution in [0.3, 0.4) is 0 Å². The van der Waals surface area contributed by atoms with Crippen LogP contribution in [0.15, 0.2) is 6.20 Å². The van der Waals surface area contributed by atoms with Gasteiger partial charge in [-0.2, -0.15) is 0 Å². The zero-order valence-electron chi connectivity index (χ0n) is 8.98. The van der Waals surface area contributed by atoms with Crippen LogP contribution in [0.1, 0.15) is 18.2 Å². The smallest absolute Gasteiger partial charge is 0.219 e. The Morgan fingerprint density at radius 1 is 1.81 bits per heavy atom. The molecule has 1 atom stereocenters. The summed E-state index contributed by atoms with van der Waals surface area (Å²) in [7, 11) is 0. The normalized spacial score (nSPS) is 20.4. The molecule has 1 fully saturated rings. The highest BCUT2D eigenvalue weighted by molar-refractivity contribution is 7.15. The molecule has 1 aromatic heterocycles. The summed E-state index contributed by atoms with van der Waals surface area (Å²) in [5.41, 5.74) is 0. The maximum Gasteiger partial charge on any atom is 0.219 e. The highest BCUT2D eigenvalue weighted by Crippen LogP contribution is 2.20. The third-order valence-corrected chi connectivity index (χ3v) is 3.67. The molecule has 0 bridgehead atoms. The van der Waals surface area contributed by atoms with Gasteiger partial charge in [0.2, 0.25) is 5.91 Å². The number of thiazole rings is 1. The van der Waals surface area contributed by atoms with Gasteiger partial charge in [0.25, 0.3) is 0 Å². The molecule has 0 radical (unpaired) electrons. The van der Waals surface area contributed by atoms with E-state index in [1.54, 1.807) is 13.1 Å². The van der Waals surface area contributed by atoms with Crippen molar-refractivity contribution in [2.24, 2.45) is 0 Å². The average Bonchev–Trinajstić information content (AvgIpc) is 2.83. The van der Waals surface area contributed by atoms with E-state index in [2.05, 4.69) is 4.98 Å². The number of aromatic nitrogens is 1. The molecule has 1 aliphatic rings. The van der Waals surface area contributed by atoms with E-state index in [-0.39, 0.29) is 12.0 Å². The van der Waals surface area contributed by atoms with Crippen molar-refractivity contribution in [2.45, 2.75) is 26.1 Å². The molecule has 1 unspecified atom stereocenters. The Morgan fingerprint density at radius 2 is 2.62 bits per heavy atom. The highest BCUT2D eigenvalue weighted by Gasteiger charge is 2.24. The molecule has 0 spiro atoms. The Labute approximate surface area is 103 Å². The predicted molar refractivity (Wildman–Crippen MR) is 62.6 cm³/mol. The summed E-state index contributed by atoms with van der Waals surface area (Å²) in [6.45, 7) is 3.61. The molecule has 0 N–H and O–H groups in total. The average molecular weight is 261 g/mol. The number of hydrogen-bond acceptors (Lipinski definition) is 4. The first-order valence-electron chi connectivity index (χ1n) is 5.12. The largest absolute Gasteiger partial charge is 0.371 e. The number of nitrogens with zero attached hydrogens (tertiary/aromatic N) is 2. The molecule has 88 valence electrons. The van der Waals surface area contributed by atoms with Gasteiger partial charge in [-0.1, -0.05) is 11.6 Å². The molecule has 4 nitrogen and oxygen atoms in total. The zero-order valence-corrected chi connectivity index (χ0v) is 10.6. The van der Waals surface area contributed by atoms with E-state index in [0.717, 1.165) is 17.8 Å². The summed E-state index contributed by atoms with van der Waals surface area (Å²) in [5.74, 6) is 0.118. The quantitative estimate of drug-likeness (QED) is 0.834. The molecular formula is C10H13ClN2O2S. The lowest BCUT2D eigenvalue weighted by atomic mass is 10.3. The van der Waals surface area contributed by atoms with Crippen LogP contribution in [-0.4, -0.2) is 35.0 Å². The Morgan fingerprint density at radius 3 is 3.19 bits per heavy atom. The molecule has 6 heteroatoms. The molecule has 1 saturated heterocycles. The van der Waals surface area contributed by atoms with E-state index >= 15 is 0 Å². The Hall–Kier alpha value is -0.650. The number of carbonyl (C=O) groups is 1. The van der Waals surface area contributed by atoms with Crippen LogP contribution < -0.4 is 0 Å². The zero-order chi connectivity index (χ0) is 11.5. The van der Waals surface area contributed by atoms with E-state index < -0.39 is 0 Å². The van der Waals surface area contributed by atoms with Gasteiger partial charge in [0.05, 0.1) is 17.6 Å². The lowest BCUT2D eigenvalue weighted by Crippen LogP contribution is -2.27. The molecule has 1 aromatic rings. The predicted octanol–water partition coefficient (Wildman–Crippen LogP) is 1.93. The number of amides is 1. The minimum Gasteiger partial charge on any atom is -0.371 e. The van der Waals surface area contributed by atoms with E-state index in [0.29, 0.717) is 17.6 Å². The summed E-state index contributed by atoms with van der Waals surface area (Å²) in [5, 5.41) is 0. The van der Waals surface area contributed by atoms with Crippen molar-refractivity contribution in [3.63, 3.8) is 0 Å². The van der Waals surface area contributed by atoms with E-state index in [4.69, 9.17) is 16.3 Å². The van der Waals surface area contributed by atoms with Crippen molar-refractivity contribution in [1.82, 2.24) is 9.88 Å². The monoisotopic (exact) mass is 260 g/mol. The van der Waals surface area contributed by atoms with Crippen LogP contribution in [0.25, 0.3) is 0 Å². The van der Waals surface area contributed by atoms with E-state index in [1.165, 1.54) is 11.3 Å². The van der Waals surface area contributed by atoms with E-state index in [1.807, 2.05) is 4.90 Å². The molecule has 0 aliphatic carbocycles. The SMILES string of the molecule is CC(=O)N1CCC(OCc2cnc(Cl)s2)C1. The van der Waals surface area contributed by atoms with Gasteiger partial charge in [-0.25, -0.2) is 4.98 Å².